The Morgan fingerprint density at radius 3 is 1.90 bits per heavy atom. The van der Waals surface area contributed by atoms with Gasteiger partial charge in [-0.2, -0.15) is 0 Å². The van der Waals surface area contributed by atoms with E-state index in [-0.39, 0.29) is 0 Å². The molecule has 0 saturated heterocycles. The highest BCUT2D eigenvalue weighted by molar-refractivity contribution is 4.85. The molecule has 0 aliphatic heterocycles. The zero-order valence-corrected chi connectivity index (χ0v) is 15.0. The molecule has 124 valence electrons. The van der Waals surface area contributed by atoms with Crippen LogP contribution in [0.2, 0.25) is 0 Å². The molecular weight excluding hydrogens is 256 g/mol. The normalized spacial score (nSPS) is 29.8. The first kappa shape index (κ1) is 18.7. The number of rotatable bonds is 5. The summed E-state index contributed by atoms with van der Waals surface area (Å²) in [5, 5.41) is 8.66. The molecular formula is C20H38O. The van der Waals surface area contributed by atoms with Crippen LogP contribution in [0.4, 0.5) is 0 Å². The molecule has 0 spiro atoms. The highest BCUT2D eigenvalue weighted by atomic mass is 16.2. The molecule has 0 aromatic carbocycles. The van der Waals surface area contributed by atoms with Crippen molar-refractivity contribution in [1.29, 1.82) is 0 Å². The topological polar surface area (TPSA) is 20.2 Å². The van der Waals surface area contributed by atoms with E-state index in [1.807, 2.05) is 0 Å². The second kappa shape index (κ2) is 8.36. The average molecular weight is 295 g/mol. The highest BCUT2D eigenvalue weighted by Gasteiger charge is 2.30. The van der Waals surface area contributed by atoms with E-state index in [1.165, 1.54) is 51.4 Å². The van der Waals surface area contributed by atoms with Gasteiger partial charge < -0.3 is 5.11 Å². The van der Waals surface area contributed by atoms with E-state index in [4.69, 9.17) is 5.11 Å². The van der Waals surface area contributed by atoms with Crippen LogP contribution in [0.3, 0.4) is 0 Å². The van der Waals surface area contributed by atoms with Crippen LogP contribution < -0.4 is 0 Å². The maximum atomic E-state index is 8.66. The van der Waals surface area contributed by atoms with E-state index in [0.717, 1.165) is 18.3 Å². The first-order chi connectivity index (χ1) is 9.78. The van der Waals surface area contributed by atoms with Gasteiger partial charge in [0.25, 0.3) is 0 Å². The van der Waals surface area contributed by atoms with Crippen molar-refractivity contribution in [3.63, 3.8) is 0 Å². The van der Waals surface area contributed by atoms with E-state index in [9.17, 15) is 0 Å². The van der Waals surface area contributed by atoms with E-state index >= 15 is 0 Å². The van der Waals surface area contributed by atoms with Crippen molar-refractivity contribution in [3.05, 3.63) is 12.7 Å². The van der Waals surface area contributed by atoms with Gasteiger partial charge in [-0.25, -0.2) is 0 Å². The number of aliphatic hydroxyl groups is 1. The largest absolute Gasteiger partial charge is 0.396 e. The summed E-state index contributed by atoms with van der Waals surface area (Å²) in [7, 11) is 0. The Morgan fingerprint density at radius 1 is 1.00 bits per heavy atom. The Kier molecular flexibility index (Phi) is 7.47. The molecule has 1 N–H and O–H groups in total. The van der Waals surface area contributed by atoms with Crippen LogP contribution in [0.25, 0.3) is 0 Å². The SMILES string of the molecule is C=CCC1CCC(C)(C)C1.CC1(C)CCC(CCCO)C1. The summed E-state index contributed by atoms with van der Waals surface area (Å²) in [5.74, 6) is 1.84. The summed E-state index contributed by atoms with van der Waals surface area (Å²) >= 11 is 0. The van der Waals surface area contributed by atoms with Crippen LogP contribution >= 0.6 is 0 Å². The summed E-state index contributed by atoms with van der Waals surface area (Å²) < 4.78 is 0. The minimum absolute atomic E-state index is 0.372. The zero-order chi connectivity index (χ0) is 15.9. The fourth-order valence-corrected chi connectivity index (χ4v) is 4.22. The molecule has 2 aliphatic rings. The summed E-state index contributed by atoms with van der Waals surface area (Å²) in [6.45, 7) is 13.6. The molecule has 21 heavy (non-hydrogen) atoms. The van der Waals surface area contributed by atoms with Crippen molar-refractivity contribution >= 4 is 0 Å². The fourth-order valence-electron chi connectivity index (χ4n) is 4.22. The molecule has 0 heterocycles. The van der Waals surface area contributed by atoms with Gasteiger partial charge in [0.2, 0.25) is 0 Å². The summed E-state index contributed by atoms with van der Waals surface area (Å²) in [4.78, 5) is 0. The lowest BCUT2D eigenvalue weighted by molar-refractivity contribution is 0.266. The molecule has 2 atom stereocenters. The predicted octanol–water partition coefficient (Wildman–Crippen LogP) is 5.97. The van der Waals surface area contributed by atoms with E-state index in [0.29, 0.717) is 17.4 Å². The van der Waals surface area contributed by atoms with Crippen LogP contribution in [0, 0.1) is 22.7 Å². The predicted molar refractivity (Wildman–Crippen MR) is 93.4 cm³/mol. The van der Waals surface area contributed by atoms with Gasteiger partial charge in [0.15, 0.2) is 0 Å². The number of allylic oxidation sites excluding steroid dienone is 1. The van der Waals surface area contributed by atoms with Gasteiger partial charge in [-0.05, 0) is 80.5 Å². The average Bonchev–Trinajstić information content (AvgIpc) is 2.90. The second-order valence-corrected chi connectivity index (χ2v) is 8.94. The van der Waals surface area contributed by atoms with Gasteiger partial charge >= 0.3 is 0 Å². The smallest absolute Gasteiger partial charge is 0.0431 e. The Balaban J connectivity index is 0.000000211. The number of aliphatic hydroxyl groups excluding tert-OH is 1. The molecule has 1 heteroatoms. The molecule has 2 fully saturated rings. The molecule has 0 aromatic rings. The zero-order valence-electron chi connectivity index (χ0n) is 15.0. The van der Waals surface area contributed by atoms with Gasteiger partial charge in [-0.15, -0.1) is 6.58 Å². The third-order valence-electron chi connectivity index (χ3n) is 5.41. The molecule has 2 aliphatic carbocycles. The Morgan fingerprint density at radius 2 is 1.52 bits per heavy atom. The van der Waals surface area contributed by atoms with Gasteiger partial charge in [-0.3, -0.25) is 0 Å². The highest BCUT2D eigenvalue weighted by Crippen LogP contribution is 2.43. The summed E-state index contributed by atoms with van der Waals surface area (Å²) in [6.07, 6.45) is 13.9. The minimum Gasteiger partial charge on any atom is -0.396 e. The van der Waals surface area contributed by atoms with E-state index in [1.54, 1.807) is 0 Å². The van der Waals surface area contributed by atoms with Crippen LogP contribution in [0.15, 0.2) is 12.7 Å². The molecule has 2 unspecified atom stereocenters. The van der Waals surface area contributed by atoms with Gasteiger partial charge in [0.1, 0.15) is 0 Å². The lowest BCUT2D eigenvalue weighted by atomic mass is 9.89. The van der Waals surface area contributed by atoms with Crippen molar-refractivity contribution in [3.8, 4) is 0 Å². The third-order valence-corrected chi connectivity index (χ3v) is 5.41. The second-order valence-electron chi connectivity index (χ2n) is 8.94. The Bertz CT molecular complexity index is 303. The third kappa shape index (κ3) is 7.49. The molecule has 2 rings (SSSR count). The Labute approximate surface area is 133 Å². The molecule has 1 nitrogen and oxygen atoms in total. The molecule has 0 bridgehead atoms. The summed E-state index contributed by atoms with van der Waals surface area (Å²) in [5.41, 5.74) is 1.20. The monoisotopic (exact) mass is 294 g/mol. The maximum absolute atomic E-state index is 8.66. The van der Waals surface area contributed by atoms with Crippen LogP contribution in [-0.4, -0.2) is 11.7 Å². The van der Waals surface area contributed by atoms with Gasteiger partial charge in [-0.1, -0.05) is 33.8 Å². The van der Waals surface area contributed by atoms with E-state index < -0.39 is 0 Å². The molecule has 0 radical (unpaired) electrons. The fraction of sp³-hybridized carbons (Fsp3) is 0.900. The van der Waals surface area contributed by atoms with Crippen molar-refractivity contribution in [2.75, 3.05) is 6.61 Å². The van der Waals surface area contributed by atoms with E-state index in [2.05, 4.69) is 40.3 Å². The standard InChI is InChI=1S/C10H20O.C10H18/c1-10(2)6-5-9(8-10)4-3-7-11;1-4-5-9-6-7-10(2,3)8-9/h9,11H,3-8H2,1-2H3;4,9H,1,5-8H2,2-3H3. The quantitative estimate of drug-likeness (QED) is 0.619. The molecule has 0 aromatic heterocycles. The van der Waals surface area contributed by atoms with Crippen molar-refractivity contribution in [1.82, 2.24) is 0 Å². The first-order valence-corrected chi connectivity index (χ1v) is 9.00. The summed E-state index contributed by atoms with van der Waals surface area (Å²) in [6, 6.07) is 0. The van der Waals surface area contributed by atoms with Gasteiger partial charge in [0, 0.05) is 6.61 Å². The Hall–Kier alpha value is -0.300. The molecule has 2 saturated carbocycles. The van der Waals surface area contributed by atoms with Crippen LogP contribution in [0.1, 0.15) is 85.5 Å². The van der Waals surface area contributed by atoms with Crippen LogP contribution in [-0.2, 0) is 0 Å². The minimum atomic E-state index is 0.372. The number of hydrogen-bond donors (Lipinski definition) is 1. The van der Waals surface area contributed by atoms with Crippen molar-refractivity contribution in [2.24, 2.45) is 22.7 Å². The lowest BCUT2D eigenvalue weighted by Gasteiger charge is -2.16. The van der Waals surface area contributed by atoms with Crippen LogP contribution in [0.5, 0.6) is 0 Å². The first-order valence-electron chi connectivity index (χ1n) is 9.00. The van der Waals surface area contributed by atoms with Crippen molar-refractivity contribution in [2.45, 2.75) is 85.5 Å². The van der Waals surface area contributed by atoms with Crippen molar-refractivity contribution < 1.29 is 5.11 Å². The number of hydrogen-bond acceptors (Lipinski definition) is 1. The lowest BCUT2D eigenvalue weighted by Crippen LogP contribution is -2.05. The van der Waals surface area contributed by atoms with Gasteiger partial charge in [0.05, 0.1) is 0 Å². The maximum Gasteiger partial charge on any atom is 0.0431 e. The molecule has 0 amide bonds.